The van der Waals surface area contributed by atoms with E-state index in [1.807, 2.05) is 0 Å². The molecule has 17 nitrogen and oxygen atoms in total. The number of anilines is 1. The van der Waals surface area contributed by atoms with Crippen molar-refractivity contribution in [2.24, 2.45) is 5.73 Å². The lowest BCUT2D eigenvalue weighted by atomic mass is 10.1. The number of carbonyl (C=O) groups is 8. The number of hydrogen-bond donors (Lipinski definition) is 6. The molecule has 7 N–H and O–H groups in total. The van der Waals surface area contributed by atoms with Gasteiger partial charge in [0.1, 0.15) is 12.6 Å². The Balaban J connectivity index is 1.38. The second-order valence-corrected chi connectivity index (χ2v) is 12.1. The van der Waals surface area contributed by atoms with Gasteiger partial charge in [0.25, 0.3) is 11.8 Å². The van der Waals surface area contributed by atoms with Crippen molar-refractivity contribution in [1.29, 1.82) is 0 Å². The van der Waals surface area contributed by atoms with Crippen molar-refractivity contribution in [3.05, 3.63) is 77.9 Å². The molecule has 1 heterocycles. The van der Waals surface area contributed by atoms with E-state index in [-0.39, 0.29) is 50.3 Å². The number of carbonyl (C=O) groups excluding carboxylic acids is 8. The van der Waals surface area contributed by atoms with E-state index < -0.39 is 48.9 Å². The Hall–Kier alpha value is -6.10. The van der Waals surface area contributed by atoms with Crippen LogP contribution in [-0.4, -0.2) is 110 Å². The maximum atomic E-state index is 13.1. The Labute approximate surface area is 307 Å². The Morgan fingerprint density at radius 1 is 0.755 bits per heavy atom. The van der Waals surface area contributed by atoms with Crippen LogP contribution in [0.2, 0.25) is 0 Å². The van der Waals surface area contributed by atoms with Crippen LogP contribution in [-0.2, 0) is 51.3 Å². The Morgan fingerprint density at radius 3 is 2.08 bits per heavy atom. The first-order valence-corrected chi connectivity index (χ1v) is 17.1. The minimum absolute atomic E-state index is 0.0307. The minimum Gasteiger partial charge on any atom is -0.445 e. The molecule has 2 aromatic rings. The summed E-state index contributed by atoms with van der Waals surface area (Å²) in [5.74, 6) is -3.49. The molecule has 0 fully saturated rings. The number of amides is 8. The van der Waals surface area contributed by atoms with Crippen molar-refractivity contribution in [2.75, 3.05) is 51.6 Å². The van der Waals surface area contributed by atoms with Gasteiger partial charge in [-0.1, -0.05) is 48.9 Å². The van der Waals surface area contributed by atoms with Gasteiger partial charge in [-0.3, -0.25) is 38.5 Å². The maximum Gasteiger partial charge on any atom is 0.409 e. The molecule has 1 aliphatic rings. The second-order valence-electron chi connectivity index (χ2n) is 12.1. The highest BCUT2D eigenvalue weighted by Crippen LogP contribution is 2.11. The summed E-state index contributed by atoms with van der Waals surface area (Å²) in [7, 11) is 1.58. The van der Waals surface area contributed by atoms with Gasteiger partial charge in [0.05, 0.1) is 19.6 Å². The van der Waals surface area contributed by atoms with Crippen LogP contribution < -0.4 is 32.3 Å². The van der Waals surface area contributed by atoms with E-state index in [0.29, 0.717) is 43.6 Å². The fraction of sp³-hybridized carbons (Fsp3) is 0.389. The molecule has 0 radical (unpaired) electrons. The monoisotopic (exact) mass is 734 g/mol. The molecule has 0 unspecified atom stereocenters. The molecule has 8 amide bonds. The van der Waals surface area contributed by atoms with Gasteiger partial charge < -0.3 is 42.0 Å². The Morgan fingerprint density at radius 2 is 1.40 bits per heavy atom. The summed E-state index contributed by atoms with van der Waals surface area (Å²) in [5.41, 5.74) is 7.33. The molecule has 17 heteroatoms. The average molecular weight is 735 g/mol. The number of unbranched alkanes of at least 4 members (excludes halogenated alkanes) is 2. The van der Waals surface area contributed by atoms with E-state index in [1.54, 1.807) is 61.6 Å². The fourth-order valence-corrected chi connectivity index (χ4v) is 4.92. The molecule has 3 rings (SSSR count). The number of ether oxygens (including phenoxy) is 1. The lowest BCUT2D eigenvalue weighted by Crippen LogP contribution is -2.52. The third-order valence-electron chi connectivity index (χ3n) is 7.81. The zero-order valence-electron chi connectivity index (χ0n) is 29.6. The van der Waals surface area contributed by atoms with E-state index in [1.165, 1.54) is 17.1 Å². The number of nitrogens with two attached hydrogens (primary N) is 1. The molecule has 0 saturated carbocycles. The summed E-state index contributed by atoms with van der Waals surface area (Å²) in [6.07, 6.45) is 3.81. The number of nitrogens with one attached hydrogen (secondary N) is 5. The molecular weight excluding hydrogens is 688 g/mol. The first kappa shape index (κ1) is 41.3. The molecule has 0 aliphatic carbocycles. The summed E-state index contributed by atoms with van der Waals surface area (Å²) in [5, 5.41) is 12.6. The second kappa shape index (κ2) is 22.0. The van der Waals surface area contributed by atoms with Crippen LogP contribution in [0, 0.1) is 0 Å². The zero-order valence-corrected chi connectivity index (χ0v) is 29.6. The number of hydrogen-bond acceptors (Lipinski definition) is 10. The maximum absolute atomic E-state index is 13.1. The first-order chi connectivity index (χ1) is 25.4. The Kier molecular flexibility index (Phi) is 17.1. The van der Waals surface area contributed by atoms with Gasteiger partial charge in [0.15, 0.2) is 0 Å². The smallest absolute Gasteiger partial charge is 0.409 e. The van der Waals surface area contributed by atoms with Crippen LogP contribution >= 0.6 is 0 Å². The number of rotatable bonds is 21. The van der Waals surface area contributed by atoms with Crippen LogP contribution in [0.4, 0.5) is 10.5 Å². The van der Waals surface area contributed by atoms with Gasteiger partial charge in [0, 0.05) is 57.4 Å². The van der Waals surface area contributed by atoms with Gasteiger partial charge in [-0.25, -0.2) is 4.79 Å². The van der Waals surface area contributed by atoms with Crippen molar-refractivity contribution < 1.29 is 43.1 Å². The van der Waals surface area contributed by atoms with E-state index in [0.717, 1.165) is 10.5 Å². The van der Waals surface area contributed by atoms with Crippen molar-refractivity contribution in [3.8, 4) is 0 Å². The molecule has 0 saturated heterocycles. The third kappa shape index (κ3) is 15.4. The van der Waals surface area contributed by atoms with Crippen LogP contribution in [0.5, 0.6) is 0 Å². The third-order valence-corrected chi connectivity index (χ3v) is 7.81. The van der Waals surface area contributed by atoms with Crippen LogP contribution in [0.3, 0.4) is 0 Å². The molecule has 1 aliphatic heterocycles. The zero-order chi connectivity index (χ0) is 38.6. The summed E-state index contributed by atoms with van der Waals surface area (Å²) in [6.45, 7) is -0.237. The van der Waals surface area contributed by atoms with Gasteiger partial charge in [-0.2, -0.15) is 0 Å². The molecule has 0 bridgehead atoms. The van der Waals surface area contributed by atoms with Crippen molar-refractivity contribution in [1.82, 2.24) is 31.1 Å². The van der Waals surface area contributed by atoms with E-state index in [2.05, 4.69) is 26.6 Å². The molecule has 0 aromatic heterocycles. The van der Waals surface area contributed by atoms with E-state index in [9.17, 15) is 38.4 Å². The number of imide groups is 1. The lowest BCUT2D eigenvalue weighted by molar-refractivity contribution is -0.137. The van der Waals surface area contributed by atoms with Gasteiger partial charge in [-0.05, 0) is 36.1 Å². The minimum atomic E-state index is -1.07. The number of benzene rings is 2. The van der Waals surface area contributed by atoms with Crippen LogP contribution in [0.1, 0.15) is 36.8 Å². The summed E-state index contributed by atoms with van der Waals surface area (Å²) in [6, 6.07) is 14.4. The lowest BCUT2D eigenvalue weighted by Gasteiger charge is -2.19. The average Bonchev–Trinajstić information content (AvgIpc) is 3.47. The predicted octanol–water partition coefficient (Wildman–Crippen LogP) is -0.286. The molecule has 0 spiro atoms. The molecule has 53 heavy (non-hydrogen) atoms. The first-order valence-electron chi connectivity index (χ1n) is 17.1. The Bertz CT molecular complexity index is 1610. The highest BCUT2D eigenvalue weighted by molar-refractivity contribution is 6.12. The SMILES string of the molecule is CN(CCN)C(=O)OCc1ccc(NC(=O)CNC(=O)[C@H](Cc2ccccc2)NC(=O)CNC(=O)CNC(=O)CCCCCN2C(=O)C=CC2=O)cc1. The van der Waals surface area contributed by atoms with Gasteiger partial charge in [-0.15, -0.1) is 0 Å². The highest BCUT2D eigenvalue weighted by Gasteiger charge is 2.23. The van der Waals surface area contributed by atoms with E-state index in [4.69, 9.17) is 10.5 Å². The van der Waals surface area contributed by atoms with Crippen molar-refractivity contribution in [2.45, 2.75) is 44.8 Å². The summed E-state index contributed by atoms with van der Waals surface area (Å²) >= 11 is 0. The van der Waals surface area contributed by atoms with Crippen molar-refractivity contribution in [3.63, 3.8) is 0 Å². The summed E-state index contributed by atoms with van der Waals surface area (Å²) < 4.78 is 5.22. The largest absolute Gasteiger partial charge is 0.445 e. The quantitative estimate of drug-likeness (QED) is 0.0724. The summed E-state index contributed by atoms with van der Waals surface area (Å²) in [4.78, 5) is 100. The molecule has 284 valence electrons. The highest BCUT2D eigenvalue weighted by atomic mass is 16.6. The number of likely N-dealkylation sites (N-methyl/N-ethyl adjacent to an activating group) is 1. The van der Waals surface area contributed by atoms with Crippen molar-refractivity contribution >= 4 is 53.1 Å². The number of nitrogens with zero attached hydrogens (tertiary/aromatic N) is 2. The molecular formula is C36H46N8O9. The molecule has 1 atom stereocenters. The normalized spacial score (nSPS) is 12.5. The molecule has 2 aromatic carbocycles. The predicted molar refractivity (Wildman–Crippen MR) is 192 cm³/mol. The van der Waals surface area contributed by atoms with Gasteiger partial charge >= 0.3 is 6.09 Å². The topological polar surface area (TPSA) is 238 Å². The van der Waals surface area contributed by atoms with Gasteiger partial charge in [0.2, 0.25) is 29.5 Å². The fourth-order valence-electron chi connectivity index (χ4n) is 4.92. The van der Waals surface area contributed by atoms with Crippen LogP contribution in [0.15, 0.2) is 66.7 Å². The van der Waals surface area contributed by atoms with Crippen LogP contribution in [0.25, 0.3) is 0 Å². The van der Waals surface area contributed by atoms with E-state index >= 15 is 0 Å². The standard InChI is InChI=1S/C36H46N8O9/c1-43(19-17-37)36(52)53-24-26-11-13-27(14-12-26)41-31(47)23-40-35(51)28(20-25-8-4-2-5-9-25)42-32(48)22-39-30(46)21-38-29(45)10-6-3-7-18-44-33(49)15-16-34(44)50/h2,4-5,8-9,11-16,28H,3,6-7,10,17-24,37H2,1H3,(H,38,45)(H,39,46)(H,40,51)(H,41,47)(H,42,48)/t28-/m0/s1.